The van der Waals surface area contributed by atoms with Crippen molar-refractivity contribution < 1.29 is 23.9 Å². The SMILES string of the molecule is CC(C)(NC(=O)O)C(=O)N1CCN(C(=O)Nc2ccn(-c3ccc(CCO[Si](C)(C)C(C)(C)C)cc3)c(=O)n2)CC1. The molecule has 41 heavy (non-hydrogen) atoms. The van der Waals surface area contributed by atoms with Crippen molar-refractivity contribution in [3.8, 4) is 5.69 Å². The van der Waals surface area contributed by atoms with Crippen LogP contribution in [-0.2, 0) is 15.6 Å². The Hall–Kier alpha value is -3.71. The first-order valence-corrected chi connectivity index (χ1v) is 16.6. The first-order chi connectivity index (χ1) is 19.0. The lowest BCUT2D eigenvalue weighted by Crippen LogP contribution is -2.60. The molecule has 13 heteroatoms. The van der Waals surface area contributed by atoms with Crippen molar-refractivity contribution in [2.75, 3.05) is 38.1 Å². The fourth-order valence-corrected chi connectivity index (χ4v) is 5.20. The van der Waals surface area contributed by atoms with Crippen LogP contribution in [0.3, 0.4) is 0 Å². The molecule has 1 aliphatic rings. The summed E-state index contributed by atoms with van der Waals surface area (Å²) < 4.78 is 7.66. The molecule has 1 aliphatic heterocycles. The van der Waals surface area contributed by atoms with Crippen LogP contribution in [-0.4, -0.2) is 89.1 Å². The van der Waals surface area contributed by atoms with Gasteiger partial charge in [0.05, 0.1) is 5.69 Å². The van der Waals surface area contributed by atoms with Gasteiger partial charge in [-0.15, -0.1) is 0 Å². The van der Waals surface area contributed by atoms with E-state index in [9.17, 15) is 19.2 Å². The number of nitrogens with one attached hydrogen (secondary N) is 2. The van der Waals surface area contributed by atoms with Crippen molar-refractivity contribution in [3.63, 3.8) is 0 Å². The average molecular weight is 587 g/mol. The summed E-state index contributed by atoms with van der Waals surface area (Å²) in [4.78, 5) is 56.2. The number of aromatic nitrogens is 2. The van der Waals surface area contributed by atoms with Gasteiger partial charge in [-0.2, -0.15) is 4.98 Å². The third kappa shape index (κ3) is 8.16. The maximum Gasteiger partial charge on any atom is 0.405 e. The molecule has 0 unspecified atom stereocenters. The Morgan fingerprint density at radius 2 is 1.56 bits per heavy atom. The van der Waals surface area contributed by atoms with E-state index in [4.69, 9.17) is 9.53 Å². The quantitative estimate of drug-likeness (QED) is 0.401. The van der Waals surface area contributed by atoms with Gasteiger partial charge in [-0.05, 0) is 62.2 Å². The molecule has 2 aromatic rings. The molecular formula is C28H42N6O6Si. The van der Waals surface area contributed by atoms with E-state index in [1.54, 1.807) is 12.3 Å². The van der Waals surface area contributed by atoms with Crippen LogP contribution in [0.25, 0.3) is 5.69 Å². The van der Waals surface area contributed by atoms with Crippen molar-refractivity contribution in [3.05, 3.63) is 52.6 Å². The Morgan fingerprint density at radius 1 is 0.976 bits per heavy atom. The number of hydrogen-bond donors (Lipinski definition) is 3. The lowest BCUT2D eigenvalue weighted by molar-refractivity contribution is -0.138. The summed E-state index contributed by atoms with van der Waals surface area (Å²) in [5.41, 5.74) is -0.0272. The van der Waals surface area contributed by atoms with Crippen LogP contribution in [0.2, 0.25) is 18.1 Å². The van der Waals surface area contributed by atoms with Gasteiger partial charge in [-0.25, -0.2) is 14.4 Å². The molecule has 0 aliphatic carbocycles. The molecule has 3 rings (SSSR count). The molecule has 224 valence electrons. The number of urea groups is 1. The van der Waals surface area contributed by atoms with E-state index in [-0.39, 0.29) is 42.9 Å². The van der Waals surface area contributed by atoms with Crippen LogP contribution < -0.4 is 16.3 Å². The number of nitrogens with zero attached hydrogens (tertiary/aromatic N) is 4. The normalized spacial score (nSPS) is 14.5. The lowest BCUT2D eigenvalue weighted by Gasteiger charge is -2.38. The number of carbonyl (C=O) groups excluding carboxylic acids is 2. The van der Waals surface area contributed by atoms with Crippen LogP contribution in [0, 0.1) is 0 Å². The highest BCUT2D eigenvalue weighted by atomic mass is 28.4. The summed E-state index contributed by atoms with van der Waals surface area (Å²) in [6, 6.07) is 8.77. The Labute approximate surface area is 241 Å². The van der Waals surface area contributed by atoms with Crippen molar-refractivity contribution in [2.45, 2.75) is 64.7 Å². The molecule has 12 nitrogen and oxygen atoms in total. The van der Waals surface area contributed by atoms with Gasteiger partial charge in [0.2, 0.25) is 5.91 Å². The smallest absolute Gasteiger partial charge is 0.405 e. The third-order valence-corrected chi connectivity index (χ3v) is 12.3. The maximum absolute atomic E-state index is 12.8. The monoisotopic (exact) mass is 586 g/mol. The summed E-state index contributed by atoms with van der Waals surface area (Å²) in [6.45, 7) is 15.8. The predicted molar refractivity (Wildman–Crippen MR) is 159 cm³/mol. The van der Waals surface area contributed by atoms with Gasteiger partial charge >= 0.3 is 17.8 Å². The molecule has 1 aromatic heterocycles. The van der Waals surface area contributed by atoms with Crippen LogP contribution in [0.1, 0.15) is 40.2 Å². The highest BCUT2D eigenvalue weighted by Gasteiger charge is 2.37. The van der Waals surface area contributed by atoms with E-state index >= 15 is 0 Å². The summed E-state index contributed by atoms with van der Waals surface area (Å²) in [6.07, 6.45) is 1.06. The molecule has 0 saturated carbocycles. The van der Waals surface area contributed by atoms with Crippen molar-refractivity contribution in [1.82, 2.24) is 24.7 Å². The minimum Gasteiger partial charge on any atom is -0.465 e. The Morgan fingerprint density at radius 3 is 2.10 bits per heavy atom. The van der Waals surface area contributed by atoms with Gasteiger partial charge in [0.15, 0.2) is 8.32 Å². The second kappa shape index (κ2) is 12.4. The highest BCUT2D eigenvalue weighted by molar-refractivity contribution is 6.74. The largest absolute Gasteiger partial charge is 0.465 e. The minimum atomic E-state index is -1.80. The Kier molecular flexibility index (Phi) is 9.65. The van der Waals surface area contributed by atoms with E-state index in [1.165, 1.54) is 28.2 Å². The van der Waals surface area contributed by atoms with Crippen LogP contribution in [0.15, 0.2) is 41.3 Å². The van der Waals surface area contributed by atoms with Gasteiger partial charge < -0.3 is 24.6 Å². The molecule has 0 bridgehead atoms. The molecule has 2 heterocycles. The van der Waals surface area contributed by atoms with Gasteiger partial charge in [-0.1, -0.05) is 32.9 Å². The van der Waals surface area contributed by atoms with Gasteiger partial charge in [0, 0.05) is 39.0 Å². The Balaban J connectivity index is 1.54. The molecule has 1 saturated heterocycles. The fourth-order valence-electron chi connectivity index (χ4n) is 4.15. The van der Waals surface area contributed by atoms with Crippen molar-refractivity contribution in [1.29, 1.82) is 0 Å². The standard InChI is InChI=1S/C28H42N6O6Si/c1-27(2,3)41(6,7)40-19-13-20-8-10-21(11-9-20)34-14-12-22(30-25(34)37)29-24(36)33-17-15-32(16-18-33)23(35)28(4,5)31-26(38)39/h8-12,14,31H,13,15-19H2,1-7H3,(H,38,39)(H,29,30,36,37). The summed E-state index contributed by atoms with van der Waals surface area (Å²) in [5, 5.41) is 14.0. The van der Waals surface area contributed by atoms with E-state index in [0.717, 1.165) is 12.0 Å². The van der Waals surface area contributed by atoms with Crippen molar-refractivity contribution in [2.24, 2.45) is 0 Å². The number of amides is 4. The zero-order valence-electron chi connectivity index (χ0n) is 25.0. The van der Waals surface area contributed by atoms with Crippen LogP contribution in [0.5, 0.6) is 0 Å². The first-order valence-electron chi connectivity index (χ1n) is 13.7. The zero-order valence-corrected chi connectivity index (χ0v) is 26.0. The molecule has 0 radical (unpaired) electrons. The van der Waals surface area contributed by atoms with E-state index in [0.29, 0.717) is 12.3 Å². The molecule has 3 N–H and O–H groups in total. The predicted octanol–water partition coefficient (Wildman–Crippen LogP) is 3.52. The molecule has 0 spiro atoms. The summed E-state index contributed by atoms with van der Waals surface area (Å²) in [7, 11) is -1.80. The van der Waals surface area contributed by atoms with Gasteiger partial charge in [0.1, 0.15) is 11.4 Å². The molecule has 0 atom stereocenters. The second-order valence-corrected chi connectivity index (χ2v) is 17.1. The number of anilines is 1. The molecule has 4 amide bonds. The number of hydrogen-bond acceptors (Lipinski definition) is 6. The number of rotatable bonds is 8. The first kappa shape index (κ1) is 31.8. The van der Waals surface area contributed by atoms with E-state index in [2.05, 4.69) is 49.5 Å². The highest BCUT2D eigenvalue weighted by Crippen LogP contribution is 2.36. The number of carboxylic acid groups (broad SMARTS) is 1. The minimum absolute atomic E-state index is 0.126. The average Bonchev–Trinajstić information content (AvgIpc) is 2.87. The van der Waals surface area contributed by atoms with Crippen molar-refractivity contribution >= 4 is 32.2 Å². The van der Waals surface area contributed by atoms with Gasteiger partial charge in [0.25, 0.3) is 0 Å². The maximum atomic E-state index is 12.8. The molecular weight excluding hydrogens is 544 g/mol. The van der Waals surface area contributed by atoms with Crippen LogP contribution >= 0.6 is 0 Å². The number of carbonyl (C=O) groups is 3. The summed E-state index contributed by atoms with van der Waals surface area (Å²) in [5.74, 6) is -0.237. The fraction of sp³-hybridized carbons (Fsp3) is 0.536. The summed E-state index contributed by atoms with van der Waals surface area (Å²) >= 11 is 0. The van der Waals surface area contributed by atoms with Crippen LogP contribution in [0.4, 0.5) is 15.4 Å². The topological polar surface area (TPSA) is 146 Å². The number of benzene rings is 1. The Bertz CT molecular complexity index is 1310. The second-order valence-electron chi connectivity index (χ2n) is 12.3. The van der Waals surface area contributed by atoms with Gasteiger partial charge in [-0.3, -0.25) is 14.7 Å². The van der Waals surface area contributed by atoms with E-state index in [1.807, 2.05) is 24.3 Å². The molecule has 1 fully saturated rings. The third-order valence-electron chi connectivity index (χ3n) is 7.72. The molecule has 1 aromatic carbocycles. The lowest BCUT2D eigenvalue weighted by atomic mass is 10.0. The number of piperazine rings is 1. The van der Waals surface area contributed by atoms with E-state index < -0.39 is 31.7 Å². The zero-order chi connectivity index (χ0) is 30.6.